The van der Waals surface area contributed by atoms with Crippen LogP contribution < -0.4 is 5.32 Å². The van der Waals surface area contributed by atoms with Crippen LogP contribution in [0.1, 0.15) is 5.56 Å². The second-order valence-corrected chi connectivity index (χ2v) is 9.92. The van der Waals surface area contributed by atoms with Gasteiger partial charge in [0.15, 0.2) is 5.82 Å². The number of hydrogen-bond acceptors (Lipinski definition) is 4. The van der Waals surface area contributed by atoms with E-state index in [4.69, 9.17) is 4.98 Å². The number of hydrogen-bond donors (Lipinski definition) is 3. The molecule has 7 nitrogen and oxygen atoms in total. The van der Waals surface area contributed by atoms with Crippen LogP contribution in [0.4, 0.5) is 14.5 Å². The van der Waals surface area contributed by atoms with Gasteiger partial charge in [-0.05, 0) is 41.5 Å². The minimum atomic E-state index is -0.467. The van der Waals surface area contributed by atoms with Gasteiger partial charge in [0.05, 0.1) is 34.9 Å². The summed E-state index contributed by atoms with van der Waals surface area (Å²) in [6.45, 7) is 0. The third kappa shape index (κ3) is 4.77. The topological polar surface area (TPSA) is 99.3 Å². The summed E-state index contributed by atoms with van der Waals surface area (Å²) in [5.74, 6) is -0.513. The molecule has 3 heterocycles. The molecule has 3 N–H and O–H groups in total. The number of H-pyrrole nitrogens is 2. The first-order valence-corrected chi connectivity index (χ1v) is 13.2. The number of nitrogens with one attached hydrogen (secondary N) is 3. The summed E-state index contributed by atoms with van der Waals surface area (Å²) in [5, 5.41) is 10.8. The first-order chi connectivity index (χ1) is 20.5. The van der Waals surface area contributed by atoms with Gasteiger partial charge in [-0.25, -0.2) is 13.8 Å². The highest BCUT2D eigenvalue weighted by Gasteiger charge is 2.18. The Morgan fingerprint density at radius 1 is 0.810 bits per heavy atom. The maximum Gasteiger partial charge on any atom is 0.228 e. The van der Waals surface area contributed by atoms with Crippen LogP contribution in [-0.2, 0) is 11.2 Å². The normalized spacial score (nSPS) is 11.3. The van der Waals surface area contributed by atoms with Gasteiger partial charge >= 0.3 is 0 Å². The van der Waals surface area contributed by atoms with E-state index in [1.807, 2.05) is 54.6 Å². The maximum absolute atomic E-state index is 15.3. The molecule has 7 rings (SSSR count). The molecule has 0 aliphatic carbocycles. The number of fused-ring (bicyclic) bond motifs is 2. The van der Waals surface area contributed by atoms with E-state index in [-0.39, 0.29) is 18.1 Å². The molecule has 0 radical (unpaired) electrons. The number of carbonyl (C=O) groups is 1. The number of nitrogens with zero attached hydrogens (tertiary/aromatic N) is 3. The van der Waals surface area contributed by atoms with Crippen molar-refractivity contribution >= 4 is 33.5 Å². The van der Waals surface area contributed by atoms with Crippen LogP contribution >= 0.6 is 0 Å². The van der Waals surface area contributed by atoms with Crippen molar-refractivity contribution in [3.63, 3.8) is 0 Å². The Morgan fingerprint density at radius 3 is 2.52 bits per heavy atom. The smallest absolute Gasteiger partial charge is 0.228 e. The molecule has 0 aliphatic heterocycles. The summed E-state index contributed by atoms with van der Waals surface area (Å²) in [4.78, 5) is 24.9. The molecular weight excluding hydrogens is 534 g/mol. The fourth-order valence-electron chi connectivity index (χ4n) is 5.12. The lowest BCUT2D eigenvalue weighted by molar-refractivity contribution is -0.115. The number of pyridine rings is 1. The minimum Gasteiger partial charge on any atom is -0.337 e. The number of amides is 1. The number of imidazole rings is 1. The van der Waals surface area contributed by atoms with Gasteiger partial charge < -0.3 is 10.3 Å². The second-order valence-electron chi connectivity index (χ2n) is 9.92. The predicted molar refractivity (Wildman–Crippen MR) is 159 cm³/mol. The largest absolute Gasteiger partial charge is 0.337 e. The number of carbonyl (C=O) groups excluding carboxylic acids is 1. The Kier molecular flexibility index (Phi) is 6.24. The molecule has 3 aromatic heterocycles. The first-order valence-electron chi connectivity index (χ1n) is 13.2. The number of aromatic nitrogens is 5. The Hall–Kier alpha value is -5.70. The summed E-state index contributed by atoms with van der Waals surface area (Å²) in [7, 11) is 0. The van der Waals surface area contributed by atoms with Gasteiger partial charge in [0.2, 0.25) is 5.91 Å². The fourth-order valence-corrected chi connectivity index (χ4v) is 5.12. The molecule has 9 heteroatoms. The lowest BCUT2D eigenvalue weighted by Crippen LogP contribution is -2.14. The third-order valence-corrected chi connectivity index (χ3v) is 7.06. The zero-order chi connectivity index (χ0) is 28.6. The van der Waals surface area contributed by atoms with E-state index >= 15 is 4.39 Å². The van der Waals surface area contributed by atoms with Crippen molar-refractivity contribution in [3.05, 3.63) is 121 Å². The van der Waals surface area contributed by atoms with E-state index in [2.05, 4.69) is 25.5 Å². The molecule has 7 aromatic rings. The highest BCUT2D eigenvalue weighted by atomic mass is 19.1. The van der Waals surface area contributed by atoms with Gasteiger partial charge in [0.1, 0.15) is 17.3 Å². The zero-order valence-corrected chi connectivity index (χ0v) is 22.0. The van der Waals surface area contributed by atoms with E-state index in [0.29, 0.717) is 50.3 Å². The Balaban J connectivity index is 1.24. The Bertz CT molecular complexity index is 2100. The van der Waals surface area contributed by atoms with Crippen LogP contribution in [-0.4, -0.2) is 31.1 Å². The first kappa shape index (κ1) is 25.3. The highest BCUT2D eigenvalue weighted by molar-refractivity contribution is 5.99. The van der Waals surface area contributed by atoms with E-state index < -0.39 is 5.82 Å². The summed E-state index contributed by atoms with van der Waals surface area (Å²) < 4.78 is 29.3. The molecule has 0 aliphatic rings. The van der Waals surface area contributed by atoms with Gasteiger partial charge in [-0.15, -0.1) is 0 Å². The van der Waals surface area contributed by atoms with Crippen LogP contribution in [0.2, 0.25) is 0 Å². The van der Waals surface area contributed by atoms with Gasteiger partial charge in [0.25, 0.3) is 0 Å². The van der Waals surface area contributed by atoms with Crippen molar-refractivity contribution in [1.82, 2.24) is 25.1 Å². The van der Waals surface area contributed by atoms with Gasteiger partial charge in [0, 0.05) is 34.3 Å². The van der Waals surface area contributed by atoms with Crippen LogP contribution in [0.15, 0.2) is 103 Å². The third-order valence-electron chi connectivity index (χ3n) is 7.06. The monoisotopic (exact) mass is 556 g/mol. The number of halogens is 2. The Labute approximate surface area is 238 Å². The number of benzene rings is 4. The minimum absolute atomic E-state index is 0.198. The van der Waals surface area contributed by atoms with E-state index in [1.54, 1.807) is 24.4 Å². The van der Waals surface area contributed by atoms with Crippen LogP contribution in [0.25, 0.3) is 55.7 Å². The summed E-state index contributed by atoms with van der Waals surface area (Å²) in [5.41, 5.74) is 6.06. The van der Waals surface area contributed by atoms with Crippen molar-refractivity contribution in [3.8, 4) is 33.8 Å². The van der Waals surface area contributed by atoms with Gasteiger partial charge in [-0.1, -0.05) is 54.6 Å². The average molecular weight is 557 g/mol. The lowest BCUT2D eigenvalue weighted by atomic mass is 10.0. The molecule has 1 amide bonds. The fraction of sp³-hybridized carbons (Fsp3) is 0.0303. The molecule has 0 spiro atoms. The number of aromatic amines is 2. The molecule has 0 fully saturated rings. The number of anilines is 1. The highest BCUT2D eigenvalue weighted by Crippen LogP contribution is 2.34. The van der Waals surface area contributed by atoms with E-state index in [9.17, 15) is 9.18 Å². The van der Waals surface area contributed by atoms with E-state index in [0.717, 1.165) is 16.6 Å². The zero-order valence-electron chi connectivity index (χ0n) is 22.0. The average Bonchev–Trinajstić information content (AvgIpc) is 3.61. The number of rotatable bonds is 6. The van der Waals surface area contributed by atoms with Crippen molar-refractivity contribution in [2.24, 2.45) is 0 Å². The SMILES string of the molecule is O=C(Cc1ccccc1)Nc1cncc(-c2cc3c(-c4nc5c(-c6cccc(F)c6)cccc5[nH]4)n[nH]c3cc2F)c1. The van der Waals surface area contributed by atoms with Crippen LogP contribution in [0.3, 0.4) is 0 Å². The molecule has 0 saturated carbocycles. The second kappa shape index (κ2) is 10.4. The standard InChI is InChI=1S/C33H22F2N6O/c34-22-9-4-8-20(13-22)24-10-5-11-28-31(24)39-33(38-28)32-26-15-25(27(35)16-29(26)40-41-32)21-14-23(18-36-17-21)37-30(42)12-19-6-2-1-3-7-19/h1-11,13-18H,12H2,(H,37,42)(H,38,39)(H,40,41). The van der Waals surface area contributed by atoms with Gasteiger partial charge in [-0.2, -0.15) is 5.10 Å². The molecule has 42 heavy (non-hydrogen) atoms. The molecule has 0 saturated heterocycles. The summed E-state index contributed by atoms with van der Waals surface area (Å²) in [6.07, 6.45) is 3.28. The predicted octanol–water partition coefficient (Wildman–Crippen LogP) is 7.29. The van der Waals surface area contributed by atoms with Crippen molar-refractivity contribution < 1.29 is 13.6 Å². The lowest BCUT2D eigenvalue weighted by Gasteiger charge is -2.09. The molecule has 0 atom stereocenters. The molecule has 0 bridgehead atoms. The number of para-hydroxylation sites is 1. The maximum atomic E-state index is 15.3. The van der Waals surface area contributed by atoms with Crippen molar-refractivity contribution in [2.75, 3.05) is 5.32 Å². The van der Waals surface area contributed by atoms with Gasteiger partial charge in [-0.3, -0.25) is 14.9 Å². The van der Waals surface area contributed by atoms with Crippen molar-refractivity contribution in [1.29, 1.82) is 0 Å². The summed E-state index contributed by atoms with van der Waals surface area (Å²) in [6, 6.07) is 26.2. The quantitative estimate of drug-likeness (QED) is 0.200. The molecule has 204 valence electrons. The molecular formula is C33H22F2N6O. The molecule has 0 unspecified atom stereocenters. The Morgan fingerprint density at radius 2 is 1.67 bits per heavy atom. The van der Waals surface area contributed by atoms with Crippen LogP contribution in [0.5, 0.6) is 0 Å². The van der Waals surface area contributed by atoms with E-state index in [1.165, 1.54) is 24.4 Å². The molecule has 4 aromatic carbocycles. The summed E-state index contributed by atoms with van der Waals surface area (Å²) >= 11 is 0. The van der Waals surface area contributed by atoms with Crippen molar-refractivity contribution in [2.45, 2.75) is 6.42 Å². The van der Waals surface area contributed by atoms with Crippen LogP contribution in [0, 0.1) is 11.6 Å².